The van der Waals surface area contributed by atoms with Crippen LogP contribution in [0.15, 0.2) is 35.1 Å². The predicted molar refractivity (Wildman–Crippen MR) is 89.5 cm³/mol. The molecular weight excluding hydrogens is 282 g/mol. The fourth-order valence-corrected chi connectivity index (χ4v) is 2.19. The Labute approximate surface area is 129 Å². The van der Waals surface area contributed by atoms with Crippen LogP contribution < -0.4 is 11.3 Å². The van der Waals surface area contributed by atoms with Gasteiger partial charge in [0.15, 0.2) is 0 Å². The molecule has 2 rings (SSSR count). The number of nitrogens with zero attached hydrogens (tertiary/aromatic N) is 2. The highest BCUT2D eigenvalue weighted by atomic mass is 32.1. The first-order chi connectivity index (χ1) is 10.0. The van der Waals surface area contributed by atoms with Crippen LogP contribution in [-0.4, -0.2) is 14.8 Å². The average molecular weight is 301 g/mol. The summed E-state index contributed by atoms with van der Waals surface area (Å²) in [6.45, 7) is 4.67. The summed E-state index contributed by atoms with van der Waals surface area (Å²) in [5, 5.41) is 4.44. The fraction of sp³-hybridized carbons (Fsp3) is 0.312. The van der Waals surface area contributed by atoms with E-state index in [1.54, 1.807) is 6.07 Å². The molecule has 0 fully saturated rings. The van der Waals surface area contributed by atoms with E-state index in [-0.39, 0.29) is 10.5 Å². The molecule has 2 aromatic rings. The van der Waals surface area contributed by atoms with Gasteiger partial charge in [-0.3, -0.25) is 4.79 Å². The zero-order valence-electron chi connectivity index (χ0n) is 12.3. The maximum atomic E-state index is 12.3. The first-order valence-electron chi connectivity index (χ1n) is 7.02. The molecule has 5 heteroatoms. The zero-order chi connectivity index (χ0) is 15.4. The molecule has 0 saturated carbocycles. The summed E-state index contributed by atoms with van der Waals surface area (Å²) in [6, 6.07) is 9.67. The van der Waals surface area contributed by atoms with Gasteiger partial charge in [-0.15, -0.1) is 0 Å². The van der Waals surface area contributed by atoms with Crippen molar-refractivity contribution >= 4 is 17.2 Å². The van der Waals surface area contributed by atoms with Crippen LogP contribution in [-0.2, 0) is 6.54 Å². The third-order valence-corrected chi connectivity index (χ3v) is 3.53. The molecule has 1 heterocycles. The van der Waals surface area contributed by atoms with Crippen LogP contribution in [0.2, 0.25) is 0 Å². The lowest BCUT2D eigenvalue weighted by Gasteiger charge is -2.10. The van der Waals surface area contributed by atoms with E-state index < -0.39 is 0 Å². The Morgan fingerprint density at radius 3 is 2.57 bits per heavy atom. The first-order valence-corrected chi connectivity index (χ1v) is 7.42. The van der Waals surface area contributed by atoms with Crippen LogP contribution in [0.1, 0.15) is 30.9 Å². The smallest absolute Gasteiger partial charge is 0.277 e. The normalized spacial score (nSPS) is 10.6. The fourth-order valence-electron chi connectivity index (χ4n) is 2.04. The van der Waals surface area contributed by atoms with Crippen LogP contribution in [0.25, 0.3) is 11.3 Å². The number of benzene rings is 1. The maximum Gasteiger partial charge on any atom is 0.277 e. The van der Waals surface area contributed by atoms with Crippen molar-refractivity contribution in [3.63, 3.8) is 0 Å². The molecule has 0 saturated heterocycles. The molecule has 0 amide bonds. The molecule has 0 spiro atoms. The molecule has 0 unspecified atom stereocenters. The predicted octanol–water partition coefficient (Wildman–Crippen LogP) is 2.65. The van der Waals surface area contributed by atoms with Crippen molar-refractivity contribution in [2.24, 2.45) is 5.73 Å². The number of hydrogen-bond acceptors (Lipinski definition) is 3. The van der Waals surface area contributed by atoms with Gasteiger partial charge in [-0.25, -0.2) is 4.68 Å². The molecule has 0 aliphatic rings. The summed E-state index contributed by atoms with van der Waals surface area (Å²) < 4.78 is 1.47. The van der Waals surface area contributed by atoms with Gasteiger partial charge in [0.2, 0.25) is 0 Å². The highest BCUT2D eigenvalue weighted by Gasteiger charge is 2.11. The summed E-state index contributed by atoms with van der Waals surface area (Å²) in [4.78, 5) is 12.4. The van der Waals surface area contributed by atoms with Crippen LogP contribution in [0.4, 0.5) is 0 Å². The number of rotatable bonds is 5. The van der Waals surface area contributed by atoms with Crippen molar-refractivity contribution in [1.82, 2.24) is 9.78 Å². The van der Waals surface area contributed by atoms with Crippen molar-refractivity contribution in [2.45, 2.75) is 33.2 Å². The van der Waals surface area contributed by atoms with Crippen molar-refractivity contribution in [3.8, 4) is 11.3 Å². The Bertz CT molecular complexity index is 704. The number of aryl methyl sites for hydroxylation is 2. The molecule has 0 aliphatic heterocycles. The molecule has 0 atom stereocenters. The largest absolute Gasteiger partial charge is 0.389 e. The SMILES string of the molecule is CCCCn1nc(-c2ccc(C)cc2)cc(C(N)=S)c1=O. The van der Waals surface area contributed by atoms with Crippen molar-refractivity contribution in [2.75, 3.05) is 0 Å². The number of aromatic nitrogens is 2. The molecular formula is C16H19N3OS. The number of thiocarbonyl (C=S) groups is 1. The van der Waals surface area contributed by atoms with Gasteiger partial charge in [0.05, 0.1) is 11.3 Å². The highest BCUT2D eigenvalue weighted by Crippen LogP contribution is 2.17. The van der Waals surface area contributed by atoms with E-state index in [9.17, 15) is 4.79 Å². The number of unbranched alkanes of at least 4 members (excludes halogenated alkanes) is 1. The van der Waals surface area contributed by atoms with Crippen molar-refractivity contribution in [1.29, 1.82) is 0 Å². The second-order valence-corrected chi connectivity index (χ2v) is 5.50. The summed E-state index contributed by atoms with van der Waals surface area (Å²) in [5.74, 6) is 0. The van der Waals surface area contributed by atoms with Gasteiger partial charge < -0.3 is 5.73 Å². The highest BCUT2D eigenvalue weighted by molar-refractivity contribution is 7.80. The first kappa shape index (κ1) is 15.4. The minimum atomic E-state index is -0.216. The van der Waals surface area contributed by atoms with Crippen LogP contribution in [0, 0.1) is 6.92 Å². The quantitative estimate of drug-likeness (QED) is 0.863. The lowest BCUT2D eigenvalue weighted by Crippen LogP contribution is -2.31. The topological polar surface area (TPSA) is 60.9 Å². The number of nitrogens with two attached hydrogens (primary N) is 1. The lowest BCUT2D eigenvalue weighted by atomic mass is 10.1. The average Bonchev–Trinajstić information content (AvgIpc) is 2.47. The summed E-state index contributed by atoms with van der Waals surface area (Å²) in [6.07, 6.45) is 1.88. The van der Waals surface area contributed by atoms with Gasteiger partial charge in [-0.1, -0.05) is 55.4 Å². The minimum absolute atomic E-state index is 0.112. The molecule has 1 aromatic heterocycles. The van der Waals surface area contributed by atoms with E-state index in [2.05, 4.69) is 12.0 Å². The molecule has 110 valence electrons. The second kappa shape index (κ2) is 6.63. The molecule has 0 bridgehead atoms. The summed E-state index contributed by atoms with van der Waals surface area (Å²) in [7, 11) is 0. The Balaban J connectivity index is 2.55. The van der Waals surface area contributed by atoms with Crippen LogP contribution >= 0.6 is 12.2 Å². The Kier molecular flexibility index (Phi) is 4.85. The molecule has 1 aromatic carbocycles. The van der Waals surface area contributed by atoms with Gasteiger partial charge in [-0.05, 0) is 19.4 Å². The third kappa shape index (κ3) is 3.55. The van der Waals surface area contributed by atoms with Gasteiger partial charge in [0, 0.05) is 12.1 Å². The minimum Gasteiger partial charge on any atom is -0.389 e. The van der Waals surface area contributed by atoms with Crippen LogP contribution in [0.5, 0.6) is 0 Å². The van der Waals surface area contributed by atoms with Gasteiger partial charge in [-0.2, -0.15) is 5.10 Å². The second-order valence-electron chi connectivity index (χ2n) is 5.06. The standard InChI is InChI=1S/C16H19N3OS/c1-3-4-9-19-16(20)13(15(17)21)10-14(18-19)12-7-5-11(2)6-8-12/h5-8,10H,3-4,9H2,1-2H3,(H2,17,21). The van der Waals surface area contributed by atoms with E-state index in [0.29, 0.717) is 17.8 Å². The lowest BCUT2D eigenvalue weighted by molar-refractivity contribution is 0.544. The summed E-state index contributed by atoms with van der Waals surface area (Å²) >= 11 is 4.99. The van der Waals surface area contributed by atoms with E-state index in [0.717, 1.165) is 18.4 Å². The van der Waals surface area contributed by atoms with E-state index in [1.165, 1.54) is 10.2 Å². The molecule has 0 aliphatic carbocycles. The van der Waals surface area contributed by atoms with Gasteiger partial charge in [0.1, 0.15) is 4.99 Å². The molecule has 0 radical (unpaired) electrons. The molecule has 4 nitrogen and oxygen atoms in total. The summed E-state index contributed by atoms with van der Waals surface area (Å²) in [5.41, 5.74) is 8.65. The van der Waals surface area contributed by atoms with E-state index in [4.69, 9.17) is 18.0 Å². The van der Waals surface area contributed by atoms with E-state index >= 15 is 0 Å². The van der Waals surface area contributed by atoms with Gasteiger partial charge >= 0.3 is 0 Å². The molecule has 2 N–H and O–H groups in total. The maximum absolute atomic E-state index is 12.3. The third-order valence-electron chi connectivity index (χ3n) is 3.31. The Hall–Kier alpha value is -2.01. The van der Waals surface area contributed by atoms with Crippen molar-refractivity contribution < 1.29 is 0 Å². The zero-order valence-corrected chi connectivity index (χ0v) is 13.1. The monoisotopic (exact) mass is 301 g/mol. The van der Waals surface area contributed by atoms with E-state index in [1.807, 2.05) is 31.2 Å². The Morgan fingerprint density at radius 1 is 1.33 bits per heavy atom. The van der Waals surface area contributed by atoms with Crippen molar-refractivity contribution in [3.05, 3.63) is 51.8 Å². The molecule has 21 heavy (non-hydrogen) atoms. The van der Waals surface area contributed by atoms with Gasteiger partial charge in [0.25, 0.3) is 5.56 Å². The number of hydrogen-bond donors (Lipinski definition) is 1. The Morgan fingerprint density at radius 2 is 2.00 bits per heavy atom. The van der Waals surface area contributed by atoms with Crippen LogP contribution in [0.3, 0.4) is 0 Å².